The molecule has 1 aromatic carbocycles. The SMILES string of the molecule is Cn1cnc(CNC(=O)Nc2ccc(C(=O)O)cc2Br)n1. The van der Waals surface area contributed by atoms with Gasteiger partial charge in [-0.25, -0.2) is 14.6 Å². The molecule has 0 radical (unpaired) electrons. The average molecular weight is 354 g/mol. The van der Waals surface area contributed by atoms with Crippen LogP contribution in [0.4, 0.5) is 10.5 Å². The number of nitrogens with zero attached hydrogens (tertiary/aromatic N) is 3. The van der Waals surface area contributed by atoms with Gasteiger partial charge in [-0.15, -0.1) is 0 Å². The first kappa shape index (κ1) is 15.0. The molecule has 2 amide bonds. The number of aryl methyl sites for hydroxylation is 1. The Morgan fingerprint density at radius 1 is 1.43 bits per heavy atom. The van der Waals surface area contributed by atoms with Gasteiger partial charge in [0.05, 0.1) is 17.8 Å². The van der Waals surface area contributed by atoms with Crippen LogP contribution < -0.4 is 10.6 Å². The number of benzene rings is 1. The van der Waals surface area contributed by atoms with Gasteiger partial charge in [0.15, 0.2) is 5.82 Å². The predicted octanol–water partition coefficient (Wildman–Crippen LogP) is 1.60. The molecule has 0 spiro atoms. The summed E-state index contributed by atoms with van der Waals surface area (Å²) in [5.74, 6) is -0.541. The van der Waals surface area contributed by atoms with E-state index < -0.39 is 12.0 Å². The van der Waals surface area contributed by atoms with Gasteiger partial charge in [0.25, 0.3) is 0 Å². The summed E-state index contributed by atoms with van der Waals surface area (Å²) in [6, 6.07) is 3.89. The summed E-state index contributed by atoms with van der Waals surface area (Å²) >= 11 is 3.21. The smallest absolute Gasteiger partial charge is 0.335 e. The summed E-state index contributed by atoms with van der Waals surface area (Å²) < 4.78 is 2.02. The molecular weight excluding hydrogens is 342 g/mol. The van der Waals surface area contributed by atoms with Crippen molar-refractivity contribution in [3.63, 3.8) is 0 Å². The molecule has 9 heteroatoms. The number of rotatable bonds is 4. The lowest BCUT2D eigenvalue weighted by Crippen LogP contribution is -2.28. The molecule has 0 fully saturated rings. The summed E-state index contributed by atoms with van der Waals surface area (Å²) in [4.78, 5) is 26.5. The van der Waals surface area contributed by atoms with E-state index in [-0.39, 0.29) is 12.1 Å². The molecular formula is C12H12BrN5O3. The quantitative estimate of drug-likeness (QED) is 0.773. The van der Waals surface area contributed by atoms with Gasteiger partial charge in [-0.05, 0) is 34.1 Å². The molecule has 1 aromatic heterocycles. The van der Waals surface area contributed by atoms with Crippen molar-refractivity contribution in [3.8, 4) is 0 Å². The summed E-state index contributed by atoms with van der Waals surface area (Å²) in [6.07, 6.45) is 1.54. The molecule has 2 rings (SSSR count). The van der Waals surface area contributed by atoms with E-state index in [0.717, 1.165) is 0 Å². The first-order valence-electron chi connectivity index (χ1n) is 5.88. The Kier molecular flexibility index (Phi) is 4.53. The maximum Gasteiger partial charge on any atom is 0.335 e. The number of hydrogen-bond acceptors (Lipinski definition) is 4. The third kappa shape index (κ3) is 4.02. The van der Waals surface area contributed by atoms with E-state index in [2.05, 4.69) is 36.6 Å². The largest absolute Gasteiger partial charge is 0.478 e. The van der Waals surface area contributed by atoms with Crippen molar-refractivity contribution in [1.29, 1.82) is 0 Å². The minimum absolute atomic E-state index is 0.130. The Labute approximate surface area is 128 Å². The van der Waals surface area contributed by atoms with E-state index in [4.69, 9.17) is 5.11 Å². The molecule has 1 heterocycles. The van der Waals surface area contributed by atoms with Crippen molar-refractivity contribution in [2.45, 2.75) is 6.54 Å². The minimum atomic E-state index is -1.03. The van der Waals surface area contributed by atoms with Crippen molar-refractivity contribution in [2.24, 2.45) is 7.05 Å². The molecule has 0 unspecified atom stereocenters. The van der Waals surface area contributed by atoms with Gasteiger partial charge >= 0.3 is 12.0 Å². The Bertz CT molecular complexity index is 685. The lowest BCUT2D eigenvalue weighted by Gasteiger charge is -2.08. The highest BCUT2D eigenvalue weighted by Crippen LogP contribution is 2.23. The highest BCUT2D eigenvalue weighted by atomic mass is 79.9. The van der Waals surface area contributed by atoms with Gasteiger partial charge in [-0.2, -0.15) is 5.10 Å². The molecule has 8 nitrogen and oxygen atoms in total. The van der Waals surface area contributed by atoms with Crippen LogP contribution in [-0.2, 0) is 13.6 Å². The standard InChI is InChI=1S/C12H12BrN5O3/c1-18-6-15-10(17-18)5-14-12(21)16-9-3-2-7(11(19)20)4-8(9)13/h2-4,6H,5H2,1H3,(H,19,20)(H2,14,16,21). The number of carbonyl (C=O) groups excluding carboxylic acids is 1. The van der Waals surface area contributed by atoms with Gasteiger partial charge < -0.3 is 15.7 Å². The van der Waals surface area contributed by atoms with E-state index in [1.165, 1.54) is 29.2 Å². The van der Waals surface area contributed by atoms with Crippen molar-refractivity contribution in [3.05, 3.63) is 40.4 Å². The molecule has 21 heavy (non-hydrogen) atoms. The summed E-state index contributed by atoms with van der Waals surface area (Å²) in [6.45, 7) is 0.192. The first-order valence-corrected chi connectivity index (χ1v) is 6.67. The van der Waals surface area contributed by atoms with Crippen LogP contribution in [0.15, 0.2) is 29.0 Å². The summed E-state index contributed by atoms with van der Waals surface area (Å²) in [7, 11) is 1.73. The second-order valence-electron chi connectivity index (χ2n) is 4.14. The minimum Gasteiger partial charge on any atom is -0.478 e. The van der Waals surface area contributed by atoms with E-state index in [9.17, 15) is 9.59 Å². The third-order valence-corrected chi connectivity index (χ3v) is 3.17. The second kappa shape index (κ2) is 6.35. The van der Waals surface area contributed by atoms with Crippen molar-refractivity contribution >= 4 is 33.6 Å². The zero-order valence-electron chi connectivity index (χ0n) is 11.0. The molecule has 0 aliphatic carbocycles. The van der Waals surface area contributed by atoms with Crippen molar-refractivity contribution < 1.29 is 14.7 Å². The molecule has 3 N–H and O–H groups in total. The maximum absolute atomic E-state index is 11.7. The van der Waals surface area contributed by atoms with Crippen LogP contribution in [-0.4, -0.2) is 31.9 Å². The number of urea groups is 1. The molecule has 110 valence electrons. The zero-order valence-corrected chi connectivity index (χ0v) is 12.6. The molecule has 0 saturated carbocycles. The van der Waals surface area contributed by atoms with Gasteiger partial charge in [0.2, 0.25) is 0 Å². The highest BCUT2D eigenvalue weighted by molar-refractivity contribution is 9.10. The van der Waals surface area contributed by atoms with Gasteiger partial charge in [-0.3, -0.25) is 4.68 Å². The molecule has 0 atom stereocenters. The van der Waals surface area contributed by atoms with Gasteiger partial charge in [0.1, 0.15) is 6.33 Å². The van der Waals surface area contributed by atoms with Crippen molar-refractivity contribution in [2.75, 3.05) is 5.32 Å². The van der Waals surface area contributed by atoms with Crippen LogP contribution >= 0.6 is 15.9 Å². The lowest BCUT2D eigenvalue weighted by molar-refractivity contribution is 0.0697. The molecule has 0 saturated heterocycles. The van der Waals surface area contributed by atoms with Crippen molar-refractivity contribution in [1.82, 2.24) is 20.1 Å². The Balaban J connectivity index is 1.94. The molecule has 0 aliphatic rings. The normalized spacial score (nSPS) is 10.2. The van der Waals surface area contributed by atoms with E-state index in [1.54, 1.807) is 7.05 Å². The molecule has 2 aromatic rings. The van der Waals surface area contributed by atoms with Crippen LogP contribution in [0.3, 0.4) is 0 Å². The van der Waals surface area contributed by atoms with Gasteiger partial charge in [-0.1, -0.05) is 0 Å². The maximum atomic E-state index is 11.7. The molecule has 0 aliphatic heterocycles. The number of aromatic nitrogens is 3. The van der Waals surface area contributed by atoms with Gasteiger partial charge in [0, 0.05) is 11.5 Å². The number of halogens is 1. The highest BCUT2D eigenvalue weighted by Gasteiger charge is 2.09. The molecule has 0 bridgehead atoms. The van der Waals surface area contributed by atoms with E-state index >= 15 is 0 Å². The number of carbonyl (C=O) groups is 2. The lowest BCUT2D eigenvalue weighted by atomic mass is 10.2. The zero-order chi connectivity index (χ0) is 15.4. The second-order valence-corrected chi connectivity index (χ2v) is 5.00. The monoisotopic (exact) mass is 353 g/mol. The van der Waals surface area contributed by atoms with E-state index in [0.29, 0.717) is 16.0 Å². The Morgan fingerprint density at radius 2 is 2.19 bits per heavy atom. The van der Waals surface area contributed by atoms with Crippen LogP contribution in [0, 0.1) is 0 Å². The summed E-state index contributed by atoms with van der Waals surface area (Å²) in [5, 5.41) is 18.1. The number of carboxylic acids is 1. The fourth-order valence-corrected chi connectivity index (χ4v) is 2.02. The van der Waals surface area contributed by atoms with Crippen LogP contribution in [0.25, 0.3) is 0 Å². The average Bonchev–Trinajstić information content (AvgIpc) is 2.84. The first-order chi connectivity index (χ1) is 9.95. The number of nitrogens with one attached hydrogen (secondary N) is 2. The topological polar surface area (TPSA) is 109 Å². The van der Waals surface area contributed by atoms with E-state index in [1.807, 2.05) is 0 Å². The van der Waals surface area contributed by atoms with Crippen LogP contribution in [0.5, 0.6) is 0 Å². The third-order valence-electron chi connectivity index (χ3n) is 2.52. The van der Waals surface area contributed by atoms with Crippen LogP contribution in [0.2, 0.25) is 0 Å². The Morgan fingerprint density at radius 3 is 2.76 bits per heavy atom. The number of anilines is 1. The fraction of sp³-hybridized carbons (Fsp3) is 0.167. The predicted molar refractivity (Wildman–Crippen MR) is 78.0 cm³/mol. The fourth-order valence-electron chi connectivity index (χ4n) is 1.54. The summed E-state index contributed by atoms with van der Waals surface area (Å²) in [5.41, 5.74) is 0.594. The number of aromatic carboxylic acids is 1. The number of amides is 2. The number of hydrogen-bond donors (Lipinski definition) is 3. The Hall–Kier alpha value is -2.42. The number of carboxylic acid groups (broad SMARTS) is 1. The van der Waals surface area contributed by atoms with Crippen LogP contribution in [0.1, 0.15) is 16.2 Å².